The van der Waals surface area contributed by atoms with Crippen LogP contribution in [0.2, 0.25) is 0 Å². The molecule has 6 nitrogen and oxygen atoms in total. The highest BCUT2D eigenvalue weighted by molar-refractivity contribution is 6.09. The molecule has 0 aliphatic carbocycles. The van der Waals surface area contributed by atoms with Crippen molar-refractivity contribution in [2.24, 2.45) is 0 Å². The average molecular weight is 269 g/mol. The predicted octanol–water partition coefficient (Wildman–Crippen LogP) is 1.59. The van der Waals surface area contributed by atoms with Gasteiger partial charge in [0.2, 0.25) is 6.41 Å². The molecule has 0 unspecified atom stereocenters. The van der Waals surface area contributed by atoms with Gasteiger partial charge >= 0.3 is 5.97 Å². The summed E-state index contributed by atoms with van der Waals surface area (Å²) >= 11 is 0. The Morgan fingerprint density at radius 2 is 2.10 bits per heavy atom. The second-order valence-corrected chi connectivity index (χ2v) is 4.34. The molecule has 3 rings (SSSR count). The number of aromatic carboxylic acids is 1. The van der Waals surface area contributed by atoms with Gasteiger partial charge in [-0.25, -0.2) is 4.79 Å². The lowest BCUT2D eigenvalue weighted by atomic mass is 10.1. The van der Waals surface area contributed by atoms with Crippen molar-refractivity contribution >= 4 is 34.2 Å². The van der Waals surface area contributed by atoms with Crippen molar-refractivity contribution in [1.82, 2.24) is 14.9 Å². The van der Waals surface area contributed by atoms with E-state index >= 15 is 0 Å². The van der Waals surface area contributed by atoms with Crippen LogP contribution in [0.5, 0.6) is 0 Å². The maximum atomic E-state index is 11.1. The number of rotatable bonds is 4. The fourth-order valence-electron chi connectivity index (χ4n) is 2.37. The molecule has 20 heavy (non-hydrogen) atoms. The molecule has 100 valence electrons. The minimum absolute atomic E-state index is 0.209. The molecule has 0 radical (unpaired) electrons. The Balaban J connectivity index is 2.35. The number of pyridine rings is 1. The molecule has 6 heteroatoms. The van der Waals surface area contributed by atoms with Crippen LogP contribution in [0.4, 0.5) is 0 Å². The zero-order valence-corrected chi connectivity index (χ0v) is 10.4. The van der Waals surface area contributed by atoms with E-state index in [1.807, 2.05) is 10.6 Å². The Morgan fingerprint density at radius 3 is 2.85 bits per heavy atom. The average Bonchev–Trinajstić information content (AvgIpc) is 2.78. The minimum atomic E-state index is -0.981. The van der Waals surface area contributed by atoms with Crippen molar-refractivity contribution in [1.29, 1.82) is 0 Å². The van der Waals surface area contributed by atoms with Crippen LogP contribution in [-0.4, -0.2) is 27.0 Å². The van der Waals surface area contributed by atoms with Crippen LogP contribution in [0, 0.1) is 0 Å². The number of carboxylic acid groups (broad SMARTS) is 1. The van der Waals surface area contributed by atoms with Crippen molar-refractivity contribution in [2.75, 3.05) is 0 Å². The lowest BCUT2D eigenvalue weighted by Crippen LogP contribution is -2.16. The Labute approximate surface area is 113 Å². The summed E-state index contributed by atoms with van der Waals surface area (Å²) in [4.78, 5) is 25.7. The number of aromatic nitrogens is 2. The predicted molar refractivity (Wildman–Crippen MR) is 73.4 cm³/mol. The molecular formula is C14H11N3O3. The monoisotopic (exact) mass is 269 g/mol. The molecule has 0 atom stereocenters. The lowest BCUT2D eigenvalue weighted by molar-refractivity contribution is -0.109. The Kier molecular flexibility index (Phi) is 2.83. The van der Waals surface area contributed by atoms with Gasteiger partial charge in [0.25, 0.3) is 0 Å². The second kappa shape index (κ2) is 4.65. The summed E-state index contributed by atoms with van der Waals surface area (Å²) in [5, 5.41) is 13.6. The molecule has 2 heterocycles. The van der Waals surface area contributed by atoms with Gasteiger partial charge in [0.1, 0.15) is 0 Å². The van der Waals surface area contributed by atoms with E-state index in [-0.39, 0.29) is 12.2 Å². The number of nitrogens with zero attached hydrogens (tertiary/aromatic N) is 2. The molecule has 2 aromatic heterocycles. The van der Waals surface area contributed by atoms with Crippen molar-refractivity contribution in [3.05, 3.63) is 42.2 Å². The van der Waals surface area contributed by atoms with Crippen LogP contribution in [-0.2, 0) is 11.5 Å². The highest BCUT2D eigenvalue weighted by atomic mass is 16.4. The van der Waals surface area contributed by atoms with Gasteiger partial charge in [-0.1, -0.05) is 6.07 Å². The normalized spacial score (nSPS) is 10.8. The van der Waals surface area contributed by atoms with Gasteiger partial charge in [-0.3, -0.25) is 9.78 Å². The van der Waals surface area contributed by atoms with E-state index in [2.05, 4.69) is 10.3 Å². The first-order valence-electron chi connectivity index (χ1n) is 5.98. The molecule has 0 aliphatic heterocycles. The Morgan fingerprint density at radius 1 is 1.30 bits per heavy atom. The molecule has 1 aromatic carbocycles. The standard InChI is InChI=1S/C14H11N3O3/c18-8-16-7-17-12-5-9(14(19)20)1-2-10(12)11-3-4-15-6-13(11)17/h1-6,8H,7H2,(H,16,18)(H,19,20). The third kappa shape index (κ3) is 1.78. The molecule has 0 saturated carbocycles. The number of hydrogen-bond donors (Lipinski definition) is 2. The van der Waals surface area contributed by atoms with Gasteiger partial charge < -0.3 is 15.0 Å². The molecule has 0 aliphatic rings. The summed E-state index contributed by atoms with van der Waals surface area (Å²) in [6.45, 7) is 0.262. The molecule has 1 amide bonds. The van der Waals surface area contributed by atoms with Gasteiger partial charge in [-0.05, 0) is 18.2 Å². The summed E-state index contributed by atoms with van der Waals surface area (Å²) in [7, 11) is 0. The van der Waals surface area contributed by atoms with E-state index in [1.54, 1.807) is 30.6 Å². The van der Waals surface area contributed by atoms with Crippen LogP contribution < -0.4 is 5.32 Å². The third-order valence-corrected chi connectivity index (χ3v) is 3.25. The number of carboxylic acids is 1. The van der Waals surface area contributed by atoms with Gasteiger partial charge in [0.05, 0.1) is 29.5 Å². The van der Waals surface area contributed by atoms with Crippen molar-refractivity contribution in [3.63, 3.8) is 0 Å². The number of carbonyl (C=O) groups excluding carboxylic acids is 1. The van der Waals surface area contributed by atoms with Crippen LogP contribution in [0.15, 0.2) is 36.7 Å². The van der Waals surface area contributed by atoms with Crippen LogP contribution in [0.25, 0.3) is 21.8 Å². The molecule has 3 aromatic rings. The highest BCUT2D eigenvalue weighted by Gasteiger charge is 2.12. The molecule has 0 spiro atoms. The first kappa shape index (κ1) is 12.2. The smallest absolute Gasteiger partial charge is 0.335 e. The van der Waals surface area contributed by atoms with Gasteiger partial charge in [0, 0.05) is 17.0 Å². The number of hydrogen-bond acceptors (Lipinski definition) is 3. The number of amides is 1. The van der Waals surface area contributed by atoms with Crippen molar-refractivity contribution in [2.45, 2.75) is 6.67 Å². The summed E-state index contributed by atoms with van der Waals surface area (Å²) in [6.07, 6.45) is 3.99. The van der Waals surface area contributed by atoms with Crippen molar-refractivity contribution in [3.8, 4) is 0 Å². The molecule has 0 saturated heterocycles. The number of nitrogens with one attached hydrogen (secondary N) is 1. The van der Waals surface area contributed by atoms with E-state index in [9.17, 15) is 9.59 Å². The van der Waals surface area contributed by atoms with Gasteiger partial charge in [-0.15, -0.1) is 0 Å². The summed E-state index contributed by atoms with van der Waals surface area (Å²) < 4.78 is 1.83. The van der Waals surface area contributed by atoms with Gasteiger partial charge in [-0.2, -0.15) is 0 Å². The number of carbonyl (C=O) groups is 2. The Hall–Kier alpha value is -2.89. The molecular weight excluding hydrogens is 258 g/mol. The fourth-order valence-corrected chi connectivity index (χ4v) is 2.37. The largest absolute Gasteiger partial charge is 0.478 e. The van der Waals surface area contributed by atoms with Crippen LogP contribution in [0.1, 0.15) is 10.4 Å². The fraction of sp³-hybridized carbons (Fsp3) is 0.0714. The number of fused-ring (bicyclic) bond motifs is 3. The first-order chi connectivity index (χ1) is 9.72. The maximum absolute atomic E-state index is 11.1. The summed E-state index contributed by atoms with van der Waals surface area (Å²) in [5.74, 6) is -0.981. The van der Waals surface area contributed by atoms with Gasteiger partial charge in [0.15, 0.2) is 0 Å². The SMILES string of the molecule is O=CNCn1c2cnccc2c2ccc(C(=O)O)cc21. The van der Waals surface area contributed by atoms with Crippen molar-refractivity contribution < 1.29 is 14.7 Å². The van der Waals surface area contributed by atoms with E-state index < -0.39 is 5.97 Å². The minimum Gasteiger partial charge on any atom is -0.478 e. The molecule has 2 N–H and O–H groups in total. The highest BCUT2D eigenvalue weighted by Crippen LogP contribution is 2.28. The quantitative estimate of drug-likeness (QED) is 0.704. The molecule has 0 fully saturated rings. The number of benzene rings is 1. The maximum Gasteiger partial charge on any atom is 0.335 e. The summed E-state index contributed by atoms with van der Waals surface area (Å²) in [6, 6.07) is 6.82. The zero-order valence-electron chi connectivity index (χ0n) is 10.4. The molecule has 0 bridgehead atoms. The zero-order chi connectivity index (χ0) is 14.1. The van der Waals surface area contributed by atoms with E-state index in [0.717, 1.165) is 21.8 Å². The van der Waals surface area contributed by atoms with E-state index in [0.29, 0.717) is 6.41 Å². The van der Waals surface area contributed by atoms with Crippen LogP contribution in [0.3, 0.4) is 0 Å². The summed E-state index contributed by atoms with van der Waals surface area (Å²) in [5.41, 5.74) is 1.81. The first-order valence-corrected chi connectivity index (χ1v) is 5.98. The topological polar surface area (TPSA) is 84.2 Å². The lowest BCUT2D eigenvalue weighted by Gasteiger charge is -2.06. The van der Waals surface area contributed by atoms with E-state index in [1.165, 1.54) is 0 Å². The second-order valence-electron chi connectivity index (χ2n) is 4.34. The Bertz CT molecular complexity index is 823. The third-order valence-electron chi connectivity index (χ3n) is 3.25. The van der Waals surface area contributed by atoms with E-state index in [4.69, 9.17) is 5.11 Å². The van der Waals surface area contributed by atoms with Crippen LogP contribution >= 0.6 is 0 Å².